The molecule has 2 aliphatic rings. The molecule has 2 heterocycles. The van der Waals surface area contributed by atoms with Crippen LogP contribution in [-0.2, 0) is 14.3 Å². The average Bonchev–Trinajstić information content (AvgIpc) is 2.90. The van der Waals surface area contributed by atoms with Crippen LogP contribution in [0.4, 0.5) is 14.9 Å². The molecule has 1 saturated heterocycles. The molecular weight excluding hydrogens is 291 g/mol. The van der Waals surface area contributed by atoms with Gasteiger partial charge in [-0.05, 0) is 30.2 Å². The van der Waals surface area contributed by atoms with E-state index < -0.39 is 23.9 Å². The van der Waals surface area contributed by atoms with Gasteiger partial charge in [0.15, 0.2) is 6.10 Å². The number of primary amides is 1. The first-order valence-electron chi connectivity index (χ1n) is 6.90. The van der Waals surface area contributed by atoms with Gasteiger partial charge in [-0.15, -0.1) is 0 Å². The Morgan fingerprint density at radius 3 is 2.82 bits per heavy atom. The van der Waals surface area contributed by atoms with E-state index in [-0.39, 0.29) is 6.54 Å². The van der Waals surface area contributed by atoms with Crippen molar-refractivity contribution in [2.45, 2.75) is 12.5 Å². The summed E-state index contributed by atoms with van der Waals surface area (Å²) < 4.78 is 24.4. The van der Waals surface area contributed by atoms with Gasteiger partial charge < -0.3 is 15.2 Å². The van der Waals surface area contributed by atoms with Crippen LogP contribution >= 0.6 is 0 Å². The third kappa shape index (κ3) is 2.67. The fourth-order valence-electron chi connectivity index (χ4n) is 2.53. The first-order chi connectivity index (χ1) is 10.6. The zero-order valence-corrected chi connectivity index (χ0v) is 11.8. The Kier molecular flexibility index (Phi) is 3.81. The number of nitrogens with zero attached hydrogens (tertiary/aromatic N) is 1. The molecule has 6 nitrogen and oxygen atoms in total. The zero-order valence-electron chi connectivity index (χ0n) is 11.8. The number of nitrogens with two attached hydrogens (primary N) is 1. The third-order valence-electron chi connectivity index (χ3n) is 3.70. The van der Waals surface area contributed by atoms with Crippen LogP contribution in [0.25, 0.3) is 5.57 Å². The lowest BCUT2D eigenvalue weighted by Gasteiger charge is -2.17. The molecule has 0 aromatic heterocycles. The molecule has 0 saturated carbocycles. The number of amides is 2. The van der Waals surface area contributed by atoms with Crippen molar-refractivity contribution in [2.24, 2.45) is 5.73 Å². The van der Waals surface area contributed by atoms with Gasteiger partial charge in [0.25, 0.3) is 5.91 Å². The number of rotatable bonds is 3. The standard InChI is InChI=1S/C15H15FN2O4/c16-12-7-10(18-8-13(14(17)19)22-15(18)20)1-2-11(12)9-3-5-21-6-4-9/h1-3,7,13H,4-6,8H2,(H2,17,19). The number of ether oxygens (including phenoxy) is 2. The van der Waals surface area contributed by atoms with E-state index in [4.69, 9.17) is 15.2 Å². The molecule has 0 aliphatic carbocycles. The maximum absolute atomic E-state index is 14.3. The summed E-state index contributed by atoms with van der Waals surface area (Å²) >= 11 is 0. The highest BCUT2D eigenvalue weighted by atomic mass is 19.1. The van der Waals surface area contributed by atoms with Crippen LogP contribution in [0.5, 0.6) is 0 Å². The molecule has 1 aromatic carbocycles. The van der Waals surface area contributed by atoms with Crippen molar-refractivity contribution in [1.82, 2.24) is 0 Å². The second-order valence-corrected chi connectivity index (χ2v) is 5.10. The lowest BCUT2D eigenvalue weighted by Crippen LogP contribution is -2.32. The molecule has 2 N–H and O–H groups in total. The van der Waals surface area contributed by atoms with Gasteiger partial charge in [-0.25, -0.2) is 9.18 Å². The number of hydrogen-bond donors (Lipinski definition) is 1. The normalized spacial score (nSPS) is 21.5. The van der Waals surface area contributed by atoms with Crippen molar-refractivity contribution in [3.63, 3.8) is 0 Å². The lowest BCUT2D eigenvalue weighted by atomic mass is 10.0. The molecular formula is C15H15FN2O4. The van der Waals surface area contributed by atoms with Crippen LogP contribution in [0.3, 0.4) is 0 Å². The zero-order chi connectivity index (χ0) is 15.7. The number of hydrogen-bond acceptors (Lipinski definition) is 4. The number of halogens is 1. The monoisotopic (exact) mass is 306 g/mol. The van der Waals surface area contributed by atoms with Crippen LogP contribution in [0.1, 0.15) is 12.0 Å². The summed E-state index contributed by atoms with van der Waals surface area (Å²) in [6.07, 6.45) is 0.773. The number of carbonyl (C=O) groups is 2. The van der Waals surface area contributed by atoms with E-state index in [1.807, 2.05) is 6.08 Å². The highest BCUT2D eigenvalue weighted by Gasteiger charge is 2.36. The predicted octanol–water partition coefficient (Wildman–Crippen LogP) is 1.44. The molecule has 7 heteroatoms. The van der Waals surface area contributed by atoms with Gasteiger partial charge in [0.2, 0.25) is 0 Å². The second kappa shape index (κ2) is 5.76. The van der Waals surface area contributed by atoms with Crippen molar-refractivity contribution < 1.29 is 23.5 Å². The Hall–Kier alpha value is -2.41. The fraction of sp³-hybridized carbons (Fsp3) is 0.333. The first kappa shape index (κ1) is 14.5. The first-order valence-corrected chi connectivity index (χ1v) is 6.90. The summed E-state index contributed by atoms with van der Waals surface area (Å²) in [5, 5.41) is 0. The van der Waals surface area contributed by atoms with Crippen LogP contribution in [0, 0.1) is 5.82 Å². The molecule has 116 valence electrons. The maximum atomic E-state index is 14.3. The summed E-state index contributed by atoms with van der Waals surface area (Å²) in [5.41, 5.74) is 6.83. The largest absolute Gasteiger partial charge is 0.434 e. The number of anilines is 1. The van der Waals surface area contributed by atoms with Gasteiger partial charge >= 0.3 is 6.09 Å². The number of carbonyl (C=O) groups excluding carboxylic acids is 2. The summed E-state index contributed by atoms with van der Waals surface area (Å²) in [4.78, 5) is 24.0. The molecule has 3 rings (SSSR count). The average molecular weight is 306 g/mol. The Balaban J connectivity index is 1.84. The van der Waals surface area contributed by atoms with Crippen molar-refractivity contribution in [3.8, 4) is 0 Å². The van der Waals surface area contributed by atoms with Crippen molar-refractivity contribution >= 4 is 23.3 Å². The molecule has 1 unspecified atom stereocenters. The summed E-state index contributed by atoms with van der Waals surface area (Å²) in [6, 6.07) is 4.50. The lowest BCUT2D eigenvalue weighted by molar-refractivity contribution is -0.124. The highest BCUT2D eigenvalue weighted by molar-refractivity contribution is 5.95. The van der Waals surface area contributed by atoms with Crippen LogP contribution in [-0.4, -0.2) is 37.9 Å². The van der Waals surface area contributed by atoms with E-state index >= 15 is 0 Å². The fourth-order valence-corrected chi connectivity index (χ4v) is 2.53. The second-order valence-electron chi connectivity index (χ2n) is 5.10. The molecule has 22 heavy (non-hydrogen) atoms. The van der Waals surface area contributed by atoms with Gasteiger partial charge in [-0.2, -0.15) is 0 Å². The summed E-state index contributed by atoms with van der Waals surface area (Å²) in [5.74, 6) is -1.15. The molecule has 1 fully saturated rings. The Morgan fingerprint density at radius 2 is 2.23 bits per heavy atom. The van der Waals surface area contributed by atoms with Gasteiger partial charge in [0.1, 0.15) is 5.82 Å². The third-order valence-corrected chi connectivity index (χ3v) is 3.70. The topological polar surface area (TPSA) is 81.9 Å². The minimum Gasteiger partial charge on any atom is -0.434 e. The Morgan fingerprint density at radius 1 is 1.41 bits per heavy atom. The van der Waals surface area contributed by atoms with E-state index in [1.54, 1.807) is 12.1 Å². The van der Waals surface area contributed by atoms with E-state index in [9.17, 15) is 14.0 Å². The minimum atomic E-state index is -1.01. The molecule has 0 bridgehead atoms. The SMILES string of the molecule is NC(=O)C1CN(c2ccc(C3=CCOCC3)c(F)c2)C(=O)O1. The van der Waals surface area contributed by atoms with Crippen molar-refractivity contribution in [2.75, 3.05) is 24.7 Å². The number of cyclic esters (lactones) is 1. The number of benzene rings is 1. The van der Waals surface area contributed by atoms with Gasteiger partial charge in [0, 0.05) is 5.56 Å². The molecule has 2 aliphatic heterocycles. The summed E-state index contributed by atoms with van der Waals surface area (Å²) in [6.45, 7) is 1.02. The van der Waals surface area contributed by atoms with Gasteiger partial charge in [-0.1, -0.05) is 6.08 Å². The van der Waals surface area contributed by atoms with Gasteiger partial charge in [-0.3, -0.25) is 9.69 Å². The highest BCUT2D eigenvalue weighted by Crippen LogP contribution is 2.29. The Labute approximate surface area is 126 Å². The minimum absolute atomic E-state index is 0.0104. The molecule has 0 radical (unpaired) electrons. The molecule has 0 spiro atoms. The smallest absolute Gasteiger partial charge is 0.415 e. The van der Waals surface area contributed by atoms with E-state index in [1.165, 1.54) is 11.0 Å². The Bertz CT molecular complexity index is 659. The van der Waals surface area contributed by atoms with Crippen LogP contribution < -0.4 is 10.6 Å². The van der Waals surface area contributed by atoms with E-state index in [0.717, 1.165) is 5.57 Å². The van der Waals surface area contributed by atoms with Crippen LogP contribution in [0.2, 0.25) is 0 Å². The molecule has 2 amide bonds. The summed E-state index contributed by atoms with van der Waals surface area (Å²) in [7, 11) is 0. The predicted molar refractivity (Wildman–Crippen MR) is 76.6 cm³/mol. The van der Waals surface area contributed by atoms with Crippen molar-refractivity contribution in [1.29, 1.82) is 0 Å². The molecule has 1 aromatic rings. The van der Waals surface area contributed by atoms with Gasteiger partial charge in [0.05, 0.1) is 25.4 Å². The van der Waals surface area contributed by atoms with Crippen LogP contribution in [0.15, 0.2) is 24.3 Å². The van der Waals surface area contributed by atoms with Crippen molar-refractivity contribution in [3.05, 3.63) is 35.7 Å². The van der Waals surface area contributed by atoms with E-state index in [2.05, 4.69) is 0 Å². The van der Waals surface area contributed by atoms with E-state index in [0.29, 0.717) is 30.9 Å². The quantitative estimate of drug-likeness (QED) is 0.916. The molecule has 1 atom stereocenters. The maximum Gasteiger partial charge on any atom is 0.415 e.